The summed E-state index contributed by atoms with van der Waals surface area (Å²) in [7, 11) is 0. The summed E-state index contributed by atoms with van der Waals surface area (Å²) < 4.78 is 0.641. The molecule has 0 aliphatic rings. The number of rotatable bonds is 3. The third kappa shape index (κ3) is 3.40. The van der Waals surface area contributed by atoms with Crippen LogP contribution in [0.3, 0.4) is 0 Å². The van der Waals surface area contributed by atoms with Gasteiger partial charge in [-0.3, -0.25) is 4.79 Å². The van der Waals surface area contributed by atoms with Gasteiger partial charge in [0.1, 0.15) is 4.60 Å². The Balaban J connectivity index is 2.03. The van der Waals surface area contributed by atoms with Gasteiger partial charge in [0.05, 0.1) is 12.1 Å². The number of anilines is 1. The van der Waals surface area contributed by atoms with Crippen molar-refractivity contribution in [3.05, 3.63) is 58.3 Å². The van der Waals surface area contributed by atoms with E-state index < -0.39 is 0 Å². The lowest BCUT2D eigenvalue weighted by Gasteiger charge is -2.06. The van der Waals surface area contributed by atoms with E-state index in [2.05, 4.69) is 26.2 Å². The van der Waals surface area contributed by atoms with Crippen molar-refractivity contribution in [3.8, 4) is 0 Å². The van der Waals surface area contributed by atoms with Gasteiger partial charge in [0, 0.05) is 6.20 Å². The van der Waals surface area contributed by atoms with Crippen molar-refractivity contribution in [3.63, 3.8) is 0 Å². The van der Waals surface area contributed by atoms with E-state index >= 15 is 0 Å². The Morgan fingerprint density at radius 3 is 2.89 bits per heavy atom. The van der Waals surface area contributed by atoms with Gasteiger partial charge >= 0.3 is 0 Å². The Kier molecular flexibility index (Phi) is 4.10. The number of hydrogen-bond acceptors (Lipinski definition) is 2. The average molecular weight is 305 g/mol. The highest BCUT2D eigenvalue weighted by Gasteiger charge is 2.06. The lowest BCUT2D eigenvalue weighted by atomic mass is 10.1. The number of benzene rings is 1. The summed E-state index contributed by atoms with van der Waals surface area (Å²) in [6.45, 7) is 2.01. The Hall–Kier alpha value is -1.68. The first-order valence-electron chi connectivity index (χ1n) is 5.61. The number of carbonyl (C=O) groups excluding carboxylic acids is 1. The number of nitrogens with zero attached hydrogens (tertiary/aromatic N) is 1. The van der Waals surface area contributed by atoms with Crippen molar-refractivity contribution in [2.75, 3.05) is 5.32 Å². The Labute approximate surface area is 114 Å². The fourth-order valence-electron chi connectivity index (χ4n) is 1.68. The van der Waals surface area contributed by atoms with E-state index in [1.54, 1.807) is 12.3 Å². The summed E-state index contributed by atoms with van der Waals surface area (Å²) in [5.74, 6) is -0.0469. The van der Waals surface area contributed by atoms with E-state index in [0.29, 0.717) is 16.7 Å². The minimum Gasteiger partial charge on any atom is -0.323 e. The number of pyridine rings is 1. The summed E-state index contributed by atoms with van der Waals surface area (Å²) in [6.07, 6.45) is 2.03. The van der Waals surface area contributed by atoms with E-state index in [0.717, 1.165) is 11.1 Å². The fourth-order valence-corrected chi connectivity index (χ4v) is 2.03. The van der Waals surface area contributed by atoms with Crippen LogP contribution in [0.1, 0.15) is 11.1 Å². The molecular formula is C14H13BrN2O. The molecule has 0 unspecified atom stereocenters. The van der Waals surface area contributed by atoms with Crippen LogP contribution in [0.4, 0.5) is 5.69 Å². The maximum Gasteiger partial charge on any atom is 0.228 e. The maximum absolute atomic E-state index is 11.9. The Bertz CT molecular complexity index is 569. The third-order valence-electron chi connectivity index (χ3n) is 2.48. The predicted molar refractivity (Wildman–Crippen MR) is 75.4 cm³/mol. The first-order chi connectivity index (χ1) is 8.65. The van der Waals surface area contributed by atoms with E-state index in [9.17, 15) is 4.79 Å². The first kappa shape index (κ1) is 12.8. The van der Waals surface area contributed by atoms with Gasteiger partial charge in [0.2, 0.25) is 5.91 Å². The van der Waals surface area contributed by atoms with Crippen molar-refractivity contribution >= 4 is 27.5 Å². The van der Waals surface area contributed by atoms with E-state index in [-0.39, 0.29) is 5.91 Å². The van der Waals surface area contributed by atoms with Crippen LogP contribution in [0.15, 0.2) is 47.2 Å². The van der Waals surface area contributed by atoms with Crippen LogP contribution in [0.5, 0.6) is 0 Å². The Morgan fingerprint density at radius 2 is 2.17 bits per heavy atom. The van der Waals surface area contributed by atoms with Crippen LogP contribution in [0, 0.1) is 6.92 Å². The van der Waals surface area contributed by atoms with Crippen LogP contribution in [-0.2, 0) is 11.2 Å². The van der Waals surface area contributed by atoms with Gasteiger partial charge in [0.15, 0.2) is 0 Å². The summed E-state index contributed by atoms with van der Waals surface area (Å²) in [6, 6.07) is 11.5. The molecule has 0 bridgehead atoms. The molecule has 3 nitrogen and oxygen atoms in total. The molecule has 0 radical (unpaired) electrons. The second-order valence-electron chi connectivity index (χ2n) is 4.06. The lowest BCUT2D eigenvalue weighted by Crippen LogP contribution is -2.15. The van der Waals surface area contributed by atoms with E-state index in [4.69, 9.17) is 0 Å². The topological polar surface area (TPSA) is 42.0 Å². The van der Waals surface area contributed by atoms with Crippen LogP contribution in [-0.4, -0.2) is 10.9 Å². The zero-order valence-electron chi connectivity index (χ0n) is 9.98. The minimum absolute atomic E-state index is 0.0469. The van der Waals surface area contributed by atoms with Gasteiger partial charge in [0.25, 0.3) is 0 Å². The molecule has 92 valence electrons. The predicted octanol–water partition coefficient (Wildman–Crippen LogP) is 3.33. The number of amides is 1. The monoisotopic (exact) mass is 304 g/mol. The highest BCUT2D eigenvalue weighted by atomic mass is 79.9. The number of halogens is 1. The van der Waals surface area contributed by atoms with Crippen LogP contribution < -0.4 is 5.32 Å². The smallest absolute Gasteiger partial charge is 0.228 e. The van der Waals surface area contributed by atoms with Crippen molar-refractivity contribution in [1.29, 1.82) is 0 Å². The molecule has 0 aliphatic carbocycles. The van der Waals surface area contributed by atoms with Crippen molar-refractivity contribution in [2.24, 2.45) is 0 Å². The van der Waals surface area contributed by atoms with E-state index in [1.165, 1.54) is 0 Å². The number of nitrogens with one attached hydrogen (secondary N) is 1. The molecule has 1 amide bonds. The highest BCUT2D eigenvalue weighted by Crippen LogP contribution is 2.18. The molecule has 0 atom stereocenters. The summed E-state index contributed by atoms with van der Waals surface area (Å²) >= 11 is 3.30. The maximum atomic E-state index is 11.9. The summed E-state index contributed by atoms with van der Waals surface area (Å²) in [5, 5.41) is 2.83. The van der Waals surface area contributed by atoms with Crippen molar-refractivity contribution < 1.29 is 4.79 Å². The molecule has 1 N–H and O–H groups in total. The molecule has 4 heteroatoms. The quantitative estimate of drug-likeness (QED) is 0.884. The summed E-state index contributed by atoms with van der Waals surface area (Å²) in [5.41, 5.74) is 2.85. The molecule has 18 heavy (non-hydrogen) atoms. The molecule has 0 aliphatic heterocycles. The molecule has 0 saturated heterocycles. The highest BCUT2D eigenvalue weighted by molar-refractivity contribution is 9.10. The molecule has 1 aromatic carbocycles. The zero-order chi connectivity index (χ0) is 13.0. The van der Waals surface area contributed by atoms with Crippen LogP contribution >= 0.6 is 15.9 Å². The van der Waals surface area contributed by atoms with Gasteiger partial charge in [-0.15, -0.1) is 0 Å². The Morgan fingerprint density at radius 1 is 1.33 bits per heavy atom. The molecular weight excluding hydrogens is 292 g/mol. The average Bonchev–Trinajstić information content (AvgIpc) is 2.32. The van der Waals surface area contributed by atoms with Gasteiger partial charge in [-0.2, -0.15) is 0 Å². The van der Waals surface area contributed by atoms with E-state index in [1.807, 2.05) is 37.3 Å². The number of aryl methyl sites for hydroxylation is 1. The van der Waals surface area contributed by atoms with Gasteiger partial charge in [-0.05, 0) is 40.5 Å². The second-order valence-corrected chi connectivity index (χ2v) is 4.81. The standard InChI is InChI=1S/C14H13BrN2O/c1-10-4-2-5-11(8-10)9-13(18)17-12-6-3-7-16-14(12)15/h2-8H,9H2,1H3,(H,17,18). The van der Waals surface area contributed by atoms with Gasteiger partial charge in [-0.1, -0.05) is 29.8 Å². The van der Waals surface area contributed by atoms with Gasteiger partial charge in [-0.25, -0.2) is 4.98 Å². The number of carbonyl (C=O) groups is 1. The van der Waals surface area contributed by atoms with Gasteiger partial charge < -0.3 is 5.32 Å². The fraction of sp³-hybridized carbons (Fsp3) is 0.143. The largest absolute Gasteiger partial charge is 0.323 e. The zero-order valence-corrected chi connectivity index (χ0v) is 11.6. The third-order valence-corrected chi connectivity index (χ3v) is 3.11. The molecule has 0 fully saturated rings. The second kappa shape index (κ2) is 5.78. The van der Waals surface area contributed by atoms with Crippen molar-refractivity contribution in [1.82, 2.24) is 4.98 Å². The molecule has 2 aromatic rings. The normalized spacial score (nSPS) is 10.1. The van der Waals surface area contributed by atoms with Crippen LogP contribution in [0.25, 0.3) is 0 Å². The van der Waals surface area contributed by atoms with Crippen LogP contribution in [0.2, 0.25) is 0 Å². The lowest BCUT2D eigenvalue weighted by molar-refractivity contribution is -0.115. The molecule has 2 rings (SSSR count). The summed E-state index contributed by atoms with van der Waals surface area (Å²) in [4.78, 5) is 15.9. The van der Waals surface area contributed by atoms with Crippen molar-refractivity contribution in [2.45, 2.75) is 13.3 Å². The molecule has 0 saturated carbocycles. The first-order valence-corrected chi connectivity index (χ1v) is 6.40. The minimum atomic E-state index is -0.0469. The SMILES string of the molecule is Cc1cccc(CC(=O)Nc2cccnc2Br)c1. The number of aromatic nitrogens is 1. The molecule has 0 spiro atoms. The molecule has 1 heterocycles. The molecule has 1 aromatic heterocycles. The number of hydrogen-bond donors (Lipinski definition) is 1.